The molecular weight excluding hydrogens is 614 g/mol. The average Bonchev–Trinajstić information content (AvgIpc) is 2.88. The van der Waals surface area contributed by atoms with Crippen LogP contribution in [0.25, 0.3) is 6.08 Å². The van der Waals surface area contributed by atoms with Crippen LogP contribution in [0.5, 0.6) is 5.75 Å². The van der Waals surface area contributed by atoms with Crippen molar-refractivity contribution in [1.82, 2.24) is 0 Å². The highest BCUT2D eigenvalue weighted by Crippen LogP contribution is 2.39. The number of thiocarbonyl (C=S) groups is 1. The molecule has 0 unspecified atom stereocenters. The Morgan fingerprint density at radius 2 is 2.04 bits per heavy atom. The molecule has 1 fully saturated rings. The predicted molar refractivity (Wildman–Crippen MR) is 127 cm³/mol. The van der Waals surface area contributed by atoms with Gasteiger partial charge >= 0.3 is 0 Å². The van der Waals surface area contributed by atoms with Gasteiger partial charge in [-0.2, -0.15) is 0 Å². The Kier molecular flexibility index (Phi) is 6.38. The first kappa shape index (κ1) is 20.5. The lowest BCUT2D eigenvalue weighted by Gasteiger charge is -2.14. The highest BCUT2D eigenvalue weighted by molar-refractivity contribution is 14.1. The van der Waals surface area contributed by atoms with Crippen molar-refractivity contribution in [3.05, 3.63) is 64.1 Å². The van der Waals surface area contributed by atoms with Crippen molar-refractivity contribution in [2.24, 2.45) is 0 Å². The third kappa shape index (κ3) is 4.27. The van der Waals surface area contributed by atoms with Gasteiger partial charge in [0, 0.05) is 21.3 Å². The number of hydrogen-bond acceptors (Lipinski definition) is 6. The standard InChI is InChI=1S/C17H10I2N2O4S2/c1-25-15-9(5-10(18)7-13(15)19)6-14-16(22)20(17(26)27-14)11-3-2-4-12(8-11)21(23)24/h2-8H,1H3/b14-6+. The molecule has 6 nitrogen and oxygen atoms in total. The lowest BCUT2D eigenvalue weighted by atomic mass is 10.2. The molecule has 0 saturated carbocycles. The van der Waals surface area contributed by atoms with Crippen molar-refractivity contribution >= 4 is 96.8 Å². The number of anilines is 1. The number of nitro groups is 1. The van der Waals surface area contributed by atoms with Crippen molar-refractivity contribution in [2.45, 2.75) is 0 Å². The van der Waals surface area contributed by atoms with E-state index in [1.54, 1.807) is 19.3 Å². The largest absolute Gasteiger partial charge is 0.495 e. The molecule has 3 rings (SSSR count). The summed E-state index contributed by atoms with van der Waals surface area (Å²) in [6, 6.07) is 9.75. The van der Waals surface area contributed by atoms with E-state index in [1.807, 2.05) is 12.1 Å². The van der Waals surface area contributed by atoms with E-state index in [0.717, 1.165) is 24.5 Å². The normalized spacial score (nSPS) is 15.5. The Bertz CT molecular complexity index is 1010. The van der Waals surface area contributed by atoms with E-state index in [2.05, 4.69) is 45.2 Å². The van der Waals surface area contributed by atoms with Crippen molar-refractivity contribution in [1.29, 1.82) is 0 Å². The number of rotatable bonds is 4. The van der Waals surface area contributed by atoms with Crippen LogP contribution in [-0.4, -0.2) is 22.3 Å². The van der Waals surface area contributed by atoms with Gasteiger partial charge < -0.3 is 4.74 Å². The second kappa shape index (κ2) is 8.41. The van der Waals surface area contributed by atoms with Crippen LogP contribution in [-0.2, 0) is 4.79 Å². The Labute approximate surface area is 191 Å². The molecule has 1 saturated heterocycles. The fraction of sp³-hybridized carbons (Fsp3) is 0.0588. The van der Waals surface area contributed by atoms with Gasteiger partial charge in [-0.05, 0) is 69.5 Å². The Morgan fingerprint density at radius 3 is 2.70 bits per heavy atom. The molecule has 27 heavy (non-hydrogen) atoms. The summed E-state index contributed by atoms with van der Waals surface area (Å²) < 4.78 is 7.73. The Hall–Kier alpha value is -1.25. The number of ether oxygens (including phenoxy) is 1. The van der Waals surface area contributed by atoms with E-state index < -0.39 is 4.92 Å². The van der Waals surface area contributed by atoms with Crippen LogP contribution >= 0.6 is 69.2 Å². The van der Waals surface area contributed by atoms with E-state index in [1.165, 1.54) is 23.1 Å². The van der Waals surface area contributed by atoms with E-state index in [0.29, 0.717) is 20.7 Å². The highest BCUT2D eigenvalue weighted by atomic mass is 127. The number of carbonyl (C=O) groups excluding carboxylic acids is 1. The topological polar surface area (TPSA) is 72.7 Å². The molecule has 138 valence electrons. The first-order chi connectivity index (χ1) is 12.8. The van der Waals surface area contributed by atoms with Gasteiger partial charge in [-0.3, -0.25) is 19.8 Å². The van der Waals surface area contributed by atoms with Gasteiger partial charge in [0.05, 0.1) is 26.2 Å². The fourth-order valence-electron chi connectivity index (χ4n) is 2.48. The SMILES string of the molecule is COc1c(I)cc(I)cc1/C=C1/SC(=S)N(c2cccc([N+](=O)[O-])c2)C1=O. The van der Waals surface area contributed by atoms with Crippen molar-refractivity contribution in [2.75, 3.05) is 12.0 Å². The summed E-state index contributed by atoms with van der Waals surface area (Å²) in [6.45, 7) is 0. The predicted octanol–water partition coefficient (Wildman–Crippen LogP) is 5.22. The van der Waals surface area contributed by atoms with Crippen molar-refractivity contribution < 1.29 is 14.5 Å². The van der Waals surface area contributed by atoms with Gasteiger partial charge in [0.1, 0.15) is 5.75 Å². The van der Waals surface area contributed by atoms with Crippen molar-refractivity contribution in [3.63, 3.8) is 0 Å². The summed E-state index contributed by atoms with van der Waals surface area (Å²) in [5.41, 5.74) is 1.05. The van der Waals surface area contributed by atoms with Crippen LogP contribution in [0.1, 0.15) is 5.56 Å². The summed E-state index contributed by atoms with van der Waals surface area (Å²) in [6.07, 6.45) is 1.74. The van der Waals surface area contributed by atoms with Gasteiger partial charge in [0.25, 0.3) is 11.6 Å². The lowest BCUT2D eigenvalue weighted by molar-refractivity contribution is -0.384. The van der Waals surface area contributed by atoms with E-state index in [-0.39, 0.29) is 11.6 Å². The van der Waals surface area contributed by atoms with E-state index in [9.17, 15) is 14.9 Å². The van der Waals surface area contributed by atoms with Gasteiger partial charge in [-0.15, -0.1) is 0 Å². The number of thioether (sulfide) groups is 1. The number of non-ortho nitro benzene ring substituents is 1. The number of nitro benzene ring substituents is 1. The van der Waals surface area contributed by atoms with Gasteiger partial charge in [-0.25, -0.2) is 0 Å². The minimum Gasteiger partial charge on any atom is -0.495 e. The molecule has 0 aromatic heterocycles. The molecular formula is C17H10I2N2O4S2. The zero-order chi connectivity index (χ0) is 19.7. The molecule has 1 aliphatic rings. The quantitative estimate of drug-likeness (QED) is 0.153. The van der Waals surface area contributed by atoms with Crippen LogP contribution in [0.2, 0.25) is 0 Å². The zero-order valence-corrected chi connectivity index (χ0v) is 19.6. The minimum atomic E-state index is -0.504. The number of benzene rings is 2. The fourth-order valence-corrected chi connectivity index (χ4v) is 5.88. The molecule has 2 aromatic rings. The number of methoxy groups -OCH3 is 1. The number of amides is 1. The molecule has 1 amide bonds. The first-order valence-electron chi connectivity index (χ1n) is 7.37. The summed E-state index contributed by atoms with van der Waals surface area (Å²) in [7, 11) is 1.58. The third-order valence-electron chi connectivity index (χ3n) is 3.62. The molecule has 0 N–H and O–H groups in total. The third-order valence-corrected chi connectivity index (χ3v) is 6.35. The molecule has 10 heteroatoms. The molecule has 1 heterocycles. The maximum absolute atomic E-state index is 12.9. The van der Waals surface area contributed by atoms with Crippen LogP contribution < -0.4 is 9.64 Å². The zero-order valence-electron chi connectivity index (χ0n) is 13.6. The number of hydrogen-bond donors (Lipinski definition) is 0. The monoisotopic (exact) mass is 624 g/mol. The van der Waals surface area contributed by atoms with Crippen molar-refractivity contribution in [3.8, 4) is 5.75 Å². The second-order valence-corrected chi connectivity index (χ2v) is 9.39. The Balaban J connectivity index is 2.01. The maximum atomic E-state index is 12.9. The summed E-state index contributed by atoms with van der Waals surface area (Å²) >= 11 is 10.9. The minimum absolute atomic E-state index is 0.0978. The molecule has 2 aromatic carbocycles. The summed E-state index contributed by atoms with van der Waals surface area (Å²) in [4.78, 5) is 25.2. The molecule has 0 spiro atoms. The van der Waals surface area contributed by atoms with Crippen LogP contribution in [0.15, 0.2) is 41.3 Å². The highest BCUT2D eigenvalue weighted by Gasteiger charge is 2.34. The summed E-state index contributed by atoms with van der Waals surface area (Å²) in [5, 5.41) is 11.0. The molecule has 0 radical (unpaired) electrons. The molecule has 1 aliphatic heterocycles. The van der Waals surface area contributed by atoms with Crippen LogP contribution in [0.3, 0.4) is 0 Å². The lowest BCUT2D eigenvalue weighted by Crippen LogP contribution is -2.27. The number of carbonyl (C=O) groups is 1. The smallest absolute Gasteiger partial charge is 0.271 e. The van der Waals surface area contributed by atoms with Crippen LogP contribution in [0, 0.1) is 17.3 Å². The van der Waals surface area contributed by atoms with Gasteiger partial charge in [0.15, 0.2) is 4.32 Å². The second-order valence-electron chi connectivity index (χ2n) is 5.30. The molecule has 0 atom stereocenters. The van der Waals surface area contributed by atoms with Gasteiger partial charge in [-0.1, -0.05) is 30.0 Å². The van der Waals surface area contributed by atoms with Gasteiger partial charge in [0.2, 0.25) is 0 Å². The van der Waals surface area contributed by atoms with E-state index in [4.69, 9.17) is 17.0 Å². The first-order valence-corrected chi connectivity index (χ1v) is 10.8. The number of nitrogens with zero attached hydrogens (tertiary/aromatic N) is 2. The maximum Gasteiger partial charge on any atom is 0.271 e. The summed E-state index contributed by atoms with van der Waals surface area (Å²) in [5.74, 6) is 0.359. The number of halogens is 2. The van der Waals surface area contributed by atoms with E-state index >= 15 is 0 Å². The average molecular weight is 624 g/mol. The molecule has 0 bridgehead atoms. The Morgan fingerprint density at radius 1 is 1.30 bits per heavy atom. The van der Waals surface area contributed by atoms with Crippen LogP contribution in [0.4, 0.5) is 11.4 Å². The molecule has 0 aliphatic carbocycles.